The highest BCUT2D eigenvalue weighted by Gasteiger charge is 2.07. The van der Waals surface area contributed by atoms with Crippen LogP contribution in [0.15, 0.2) is 24.3 Å². The van der Waals surface area contributed by atoms with E-state index in [1.54, 1.807) is 32.3 Å². The molecule has 19 heavy (non-hydrogen) atoms. The molecule has 0 spiro atoms. The molecule has 6 heteroatoms. The summed E-state index contributed by atoms with van der Waals surface area (Å²) in [6, 6.07) is 4.81. The van der Waals surface area contributed by atoms with Crippen LogP contribution in [0.5, 0.6) is 5.75 Å². The van der Waals surface area contributed by atoms with Gasteiger partial charge in [-0.15, -0.1) is 0 Å². The van der Waals surface area contributed by atoms with Crippen molar-refractivity contribution >= 4 is 29.6 Å². The van der Waals surface area contributed by atoms with E-state index in [4.69, 9.17) is 21.4 Å². The number of hydrogen-bond donors (Lipinski definition) is 1. The number of likely N-dealkylation sites (N-methyl/N-ethyl adjacent to an activating group) is 1. The van der Waals surface area contributed by atoms with Gasteiger partial charge in [0.15, 0.2) is 6.61 Å². The molecule has 1 aromatic rings. The normalized spacial score (nSPS) is 10.5. The number of rotatable bonds is 5. The van der Waals surface area contributed by atoms with Crippen molar-refractivity contribution in [1.29, 1.82) is 0 Å². The number of aliphatic carboxylic acids is 1. The second kappa shape index (κ2) is 6.80. The van der Waals surface area contributed by atoms with Gasteiger partial charge in [0.05, 0.1) is 5.02 Å². The van der Waals surface area contributed by atoms with Crippen LogP contribution in [0.1, 0.15) is 5.56 Å². The predicted octanol–water partition coefficient (Wildman–Crippen LogP) is 1.90. The van der Waals surface area contributed by atoms with E-state index >= 15 is 0 Å². The second-order valence-corrected chi connectivity index (χ2v) is 4.35. The van der Waals surface area contributed by atoms with Gasteiger partial charge in [0.2, 0.25) is 0 Å². The third kappa shape index (κ3) is 5.01. The van der Waals surface area contributed by atoms with Gasteiger partial charge >= 0.3 is 5.97 Å². The average Bonchev–Trinajstić information content (AvgIpc) is 2.34. The molecule has 0 heterocycles. The monoisotopic (exact) mass is 283 g/mol. The molecule has 0 saturated heterocycles. The number of benzene rings is 1. The van der Waals surface area contributed by atoms with Crippen molar-refractivity contribution in [1.82, 2.24) is 4.90 Å². The maximum Gasteiger partial charge on any atom is 0.328 e. The molecule has 0 unspecified atom stereocenters. The summed E-state index contributed by atoms with van der Waals surface area (Å²) >= 11 is 5.98. The number of carboxylic acids is 1. The Bertz CT molecular complexity index is 511. The summed E-state index contributed by atoms with van der Waals surface area (Å²) < 4.78 is 5.28. The lowest BCUT2D eigenvalue weighted by Crippen LogP contribution is -2.27. The minimum absolute atomic E-state index is 0.100. The fraction of sp³-hybridized carbons (Fsp3) is 0.231. The van der Waals surface area contributed by atoms with Crippen LogP contribution in [0.2, 0.25) is 5.02 Å². The van der Waals surface area contributed by atoms with Gasteiger partial charge in [-0.2, -0.15) is 0 Å². The summed E-state index contributed by atoms with van der Waals surface area (Å²) in [4.78, 5) is 23.1. The van der Waals surface area contributed by atoms with E-state index in [9.17, 15) is 9.59 Å². The molecule has 0 fully saturated rings. The molecule has 0 bridgehead atoms. The Hall–Kier alpha value is -2.01. The Labute approximate surface area is 116 Å². The SMILES string of the molecule is CN(C)C(=O)COc1ccc(C=CC(=O)O)cc1Cl. The van der Waals surface area contributed by atoms with Crippen molar-refractivity contribution in [2.75, 3.05) is 20.7 Å². The number of carboxylic acid groups (broad SMARTS) is 1. The molecule has 0 aliphatic rings. The van der Waals surface area contributed by atoms with E-state index in [1.165, 1.54) is 11.0 Å². The quantitative estimate of drug-likeness (QED) is 0.838. The summed E-state index contributed by atoms with van der Waals surface area (Å²) in [5, 5.41) is 8.83. The van der Waals surface area contributed by atoms with E-state index in [1.807, 2.05) is 0 Å². The van der Waals surface area contributed by atoms with Crippen LogP contribution in [0.25, 0.3) is 6.08 Å². The Morgan fingerprint density at radius 2 is 2.11 bits per heavy atom. The standard InChI is InChI=1S/C13H14ClNO4/c1-15(2)12(16)8-19-11-5-3-9(7-10(11)14)4-6-13(17)18/h3-7H,8H2,1-2H3,(H,17,18). The van der Waals surface area contributed by atoms with E-state index in [2.05, 4.69) is 0 Å². The van der Waals surface area contributed by atoms with Crippen LogP contribution in [0.4, 0.5) is 0 Å². The molecule has 0 atom stereocenters. The molecule has 0 aliphatic heterocycles. The van der Waals surface area contributed by atoms with Crippen molar-refractivity contribution < 1.29 is 19.4 Å². The van der Waals surface area contributed by atoms with Crippen LogP contribution in [0, 0.1) is 0 Å². The molecular weight excluding hydrogens is 270 g/mol. The smallest absolute Gasteiger partial charge is 0.328 e. The topological polar surface area (TPSA) is 66.8 Å². The maximum absolute atomic E-state index is 11.4. The number of nitrogens with zero attached hydrogens (tertiary/aromatic N) is 1. The zero-order chi connectivity index (χ0) is 14.4. The van der Waals surface area contributed by atoms with Crippen LogP contribution in [0.3, 0.4) is 0 Å². The predicted molar refractivity (Wildman–Crippen MR) is 72.3 cm³/mol. The zero-order valence-corrected chi connectivity index (χ0v) is 11.3. The number of amides is 1. The van der Waals surface area contributed by atoms with Gasteiger partial charge in [-0.25, -0.2) is 4.79 Å². The van der Waals surface area contributed by atoms with E-state index in [0.29, 0.717) is 16.3 Å². The third-order valence-electron chi connectivity index (χ3n) is 2.22. The molecular formula is C13H14ClNO4. The van der Waals surface area contributed by atoms with Gasteiger partial charge in [0.25, 0.3) is 5.91 Å². The summed E-state index contributed by atoms with van der Waals surface area (Å²) in [6.45, 7) is -0.100. The zero-order valence-electron chi connectivity index (χ0n) is 10.6. The van der Waals surface area contributed by atoms with Crippen LogP contribution in [-0.4, -0.2) is 42.6 Å². The lowest BCUT2D eigenvalue weighted by molar-refractivity contribution is -0.131. The first-order chi connectivity index (χ1) is 8.90. The van der Waals surface area contributed by atoms with Crippen molar-refractivity contribution in [2.24, 2.45) is 0 Å². The summed E-state index contributed by atoms with van der Waals surface area (Å²) in [5.74, 6) is -0.830. The molecule has 0 aromatic heterocycles. The van der Waals surface area contributed by atoms with Gasteiger partial charge < -0.3 is 14.7 Å². The fourth-order valence-corrected chi connectivity index (χ4v) is 1.42. The molecule has 0 saturated carbocycles. The molecule has 5 nitrogen and oxygen atoms in total. The van der Waals surface area contributed by atoms with Crippen molar-refractivity contribution in [3.8, 4) is 5.75 Å². The number of halogens is 1. The van der Waals surface area contributed by atoms with Crippen LogP contribution in [-0.2, 0) is 9.59 Å². The molecule has 1 aromatic carbocycles. The maximum atomic E-state index is 11.4. The average molecular weight is 284 g/mol. The summed E-state index contributed by atoms with van der Waals surface area (Å²) in [6.07, 6.45) is 2.44. The largest absolute Gasteiger partial charge is 0.482 e. The second-order valence-electron chi connectivity index (χ2n) is 3.94. The number of carbonyl (C=O) groups excluding carboxylic acids is 1. The fourth-order valence-electron chi connectivity index (χ4n) is 1.17. The van der Waals surface area contributed by atoms with Gasteiger partial charge in [-0.3, -0.25) is 4.79 Å². The molecule has 1 amide bonds. The lowest BCUT2D eigenvalue weighted by Gasteiger charge is -2.12. The van der Waals surface area contributed by atoms with Crippen molar-refractivity contribution in [2.45, 2.75) is 0 Å². The van der Waals surface area contributed by atoms with Crippen molar-refractivity contribution in [3.05, 3.63) is 34.9 Å². The van der Waals surface area contributed by atoms with Crippen LogP contribution >= 0.6 is 11.6 Å². The minimum atomic E-state index is -1.03. The Morgan fingerprint density at radius 3 is 2.63 bits per heavy atom. The van der Waals surface area contributed by atoms with Gasteiger partial charge in [0, 0.05) is 20.2 Å². The number of ether oxygens (including phenoxy) is 1. The number of hydrogen-bond acceptors (Lipinski definition) is 3. The highest BCUT2D eigenvalue weighted by Crippen LogP contribution is 2.26. The molecule has 0 aliphatic carbocycles. The molecule has 1 N–H and O–H groups in total. The Kier molecular flexibility index (Phi) is 5.38. The summed E-state index contributed by atoms with van der Waals surface area (Å²) in [5.41, 5.74) is 0.638. The van der Waals surface area contributed by atoms with Gasteiger partial charge in [0.1, 0.15) is 5.75 Å². The lowest BCUT2D eigenvalue weighted by atomic mass is 10.2. The van der Waals surface area contributed by atoms with E-state index < -0.39 is 5.97 Å². The number of carbonyl (C=O) groups is 2. The van der Waals surface area contributed by atoms with E-state index in [0.717, 1.165) is 6.08 Å². The molecule has 0 radical (unpaired) electrons. The Balaban J connectivity index is 2.72. The highest BCUT2D eigenvalue weighted by atomic mass is 35.5. The third-order valence-corrected chi connectivity index (χ3v) is 2.52. The van der Waals surface area contributed by atoms with Crippen molar-refractivity contribution in [3.63, 3.8) is 0 Å². The Morgan fingerprint density at radius 1 is 1.42 bits per heavy atom. The summed E-state index contributed by atoms with van der Waals surface area (Å²) in [7, 11) is 3.26. The van der Waals surface area contributed by atoms with Gasteiger partial charge in [-0.05, 0) is 23.8 Å². The van der Waals surface area contributed by atoms with Crippen LogP contribution < -0.4 is 4.74 Å². The van der Waals surface area contributed by atoms with Gasteiger partial charge in [-0.1, -0.05) is 17.7 Å². The minimum Gasteiger partial charge on any atom is -0.482 e. The molecule has 102 valence electrons. The molecule has 1 rings (SSSR count). The van der Waals surface area contributed by atoms with E-state index in [-0.39, 0.29) is 12.5 Å². The first-order valence-corrected chi connectivity index (χ1v) is 5.81. The highest BCUT2D eigenvalue weighted by molar-refractivity contribution is 6.32. The first-order valence-electron chi connectivity index (χ1n) is 5.43. The first kappa shape index (κ1) is 15.0.